The van der Waals surface area contributed by atoms with E-state index >= 15 is 0 Å². The van der Waals surface area contributed by atoms with Gasteiger partial charge in [0, 0.05) is 0 Å². The van der Waals surface area contributed by atoms with Gasteiger partial charge in [-0.2, -0.15) is 0 Å². The largest absolute Gasteiger partial charge is 0.313 e. The van der Waals surface area contributed by atoms with Gasteiger partial charge in [0.05, 0.1) is 5.66 Å². The molecule has 1 atom stereocenters. The zero-order chi connectivity index (χ0) is 8.91. The highest BCUT2D eigenvalue weighted by molar-refractivity contribution is 4.80. The van der Waals surface area contributed by atoms with Crippen molar-refractivity contribution < 1.29 is 0 Å². The van der Waals surface area contributed by atoms with Gasteiger partial charge in [0.25, 0.3) is 0 Å². The smallest absolute Gasteiger partial charge is 0.0660 e. The van der Waals surface area contributed by atoms with Gasteiger partial charge < -0.3 is 11.5 Å². The molecule has 0 bridgehead atoms. The van der Waals surface area contributed by atoms with Crippen LogP contribution < -0.4 is 11.5 Å². The van der Waals surface area contributed by atoms with Crippen molar-refractivity contribution in [2.24, 2.45) is 17.4 Å². The van der Waals surface area contributed by atoms with Gasteiger partial charge >= 0.3 is 0 Å². The molecule has 4 N–H and O–H groups in total. The Morgan fingerprint density at radius 1 is 1.27 bits per heavy atom. The van der Waals surface area contributed by atoms with E-state index in [1.165, 1.54) is 12.8 Å². The van der Waals surface area contributed by atoms with Crippen LogP contribution in [0.5, 0.6) is 0 Å². The Balaban J connectivity index is 3.71. The van der Waals surface area contributed by atoms with E-state index in [9.17, 15) is 0 Å². The van der Waals surface area contributed by atoms with Crippen molar-refractivity contribution in [3.8, 4) is 0 Å². The molecule has 2 nitrogen and oxygen atoms in total. The van der Waals surface area contributed by atoms with Crippen molar-refractivity contribution in [1.82, 2.24) is 0 Å². The van der Waals surface area contributed by atoms with Crippen LogP contribution in [0.4, 0.5) is 0 Å². The summed E-state index contributed by atoms with van der Waals surface area (Å²) < 4.78 is 0. The minimum Gasteiger partial charge on any atom is -0.313 e. The van der Waals surface area contributed by atoms with Gasteiger partial charge in [-0.1, -0.05) is 33.6 Å². The topological polar surface area (TPSA) is 52.0 Å². The molecule has 0 aromatic rings. The summed E-state index contributed by atoms with van der Waals surface area (Å²) in [6, 6.07) is 0. The van der Waals surface area contributed by atoms with Gasteiger partial charge in [-0.15, -0.1) is 0 Å². The van der Waals surface area contributed by atoms with E-state index in [0.29, 0.717) is 5.92 Å². The number of nitrogens with two attached hydrogens (primary N) is 2. The number of unbranched alkanes of at least 4 members (excludes halogenated alkanes) is 1. The Morgan fingerprint density at radius 2 is 1.82 bits per heavy atom. The second-order valence-electron chi connectivity index (χ2n) is 3.51. The van der Waals surface area contributed by atoms with Crippen LogP contribution in [0.1, 0.15) is 46.5 Å². The lowest BCUT2D eigenvalue weighted by atomic mass is 9.89. The molecule has 0 aliphatic heterocycles. The van der Waals surface area contributed by atoms with E-state index in [2.05, 4.69) is 13.8 Å². The maximum atomic E-state index is 5.88. The maximum absolute atomic E-state index is 5.88. The molecular weight excluding hydrogens is 136 g/mol. The van der Waals surface area contributed by atoms with Crippen LogP contribution >= 0.6 is 0 Å². The summed E-state index contributed by atoms with van der Waals surface area (Å²) in [6.07, 6.45) is 4.47. The van der Waals surface area contributed by atoms with E-state index < -0.39 is 5.66 Å². The van der Waals surface area contributed by atoms with Crippen molar-refractivity contribution in [3.05, 3.63) is 0 Å². The first kappa shape index (κ1) is 10.9. The third-order valence-corrected chi connectivity index (χ3v) is 2.52. The third kappa shape index (κ3) is 3.73. The molecule has 0 aliphatic carbocycles. The molecule has 0 spiro atoms. The zero-order valence-electron chi connectivity index (χ0n) is 8.06. The van der Waals surface area contributed by atoms with Crippen LogP contribution in [-0.4, -0.2) is 5.66 Å². The Hall–Kier alpha value is -0.0800. The fourth-order valence-electron chi connectivity index (χ4n) is 1.13. The highest BCUT2D eigenvalue weighted by Crippen LogP contribution is 2.18. The molecule has 11 heavy (non-hydrogen) atoms. The summed E-state index contributed by atoms with van der Waals surface area (Å²) in [6.45, 7) is 6.37. The van der Waals surface area contributed by atoms with Crippen molar-refractivity contribution in [2.75, 3.05) is 0 Å². The first-order valence-corrected chi connectivity index (χ1v) is 4.62. The molecule has 2 heteroatoms. The SMILES string of the molecule is CCCCC(C)C(N)(N)CC. The Kier molecular flexibility index (Phi) is 4.69. The fraction of sp³-hybridized carbons (Fsp3) is 1.00. The molecule has 0 aliphatic rings. The lowest BCUT2D eigenvalue weighted by Crippen LogP contribution is -2.54. The first-order valence-electron chi connectivity index (χ1n) is 4.62. The van der Waals surface area contributed by atoms with E-state index in [-0.39, 0.29) is 0 Å². The number of rotatable bonds is 5. The average molecular weight is 158 g/mol. The standard InChI is InChI=1S/C9H22N2/c1-4-6-7-8(3)9(10,11)5-2/h8H,4-7,10-11H2,1-3H3. The second-order valence-corrected chi connectivity index (χ2v) is 3.51. The molecule has 0 fully saturated rings. The molecule has 0 saturated carbocycles. The van der Waals surface area contributed by atoms with E-state index in [4.69, 9.17) is 11.5 Å². The average Bonchev–Trinajstić information content (AvgIpc) is 2.00. The zero-order valence-corrected chi connectivity index (χ0v) is 8.06. The first-order chi connectivity index (χ1) is 5.04. The lowest BCUT2D eigenvalue weighted by molar-refractivity contribution is 0.269. The normalized spacial score (nSPS) is 15.0. The quantitative estimate of drug-likeness (QED) is 0.600. The van der Waals surface area contributed by atoms with Gasteiger partial charge in [0.2, 0.25) is 0 Å². The van der Waals surface area contributed by atoms with Crippen LogP contribution in [0.15, 0.2) is 0 Å². The highest BCUT2D eigenvalue weighted by atomic mass is 15.0. The highest BCUT2D eigenvalue weighted by Gasteiger charge is 2.23. The van der Waals surface area contributed by atoms with E-state index in [1.54, 1.807) is 0 Å². The van der Waals surface area contributed by atoms with Crippen molar-refractivity contribution in [1.29, 1.82) is 0 Å². The van der Waals surface area contributed by atoms with Crippen LogP contribution in [-0.2, 0) is 0 Å². The van der Waals surface area contributed by atoms with E-state index in [1.807, 2.05) is 6.92 Å². The summed E-state index contributed by atoms with van der Waals surface area (Å²) in [5.74, 6) is 0.437. The Morgan fingerprint density at radius 3 is 2.18 bits per heavy atom. The van der Waals surface area contributed by atoms with E-state index in [0.717, 1.165) is 12.8 Å². The molecular formula is C9H22N2. The Labute approximate surface area is 70.3 Å². The molecule has 0 heterocycles. The molecule has 1 unspecified atom stereocenters. The predicted molar refractivity (Wildman–Crippen MR) is 50.1 cm³/mol. The lowest BCUT2D eigenvalue weighted by Gasteiger charge is -2.30. The third-order valence-electron chi connectivity index (χ3n) is 2.52. The van der Waals surface area contributed by atoms with Gasteiger partial charge in [-0.05, 0) is 18.8 Å². The predicted octanol–water partition coefficient (Wildman–Crippen LogP) is 1.84. The van der Waals surface area contributed by atoms with Gasteiger partial charge in [0.1, 0.15) is 0 Å². The fourth-order valence-corrected chi connectivity index (χ4v) is 1.13. The summed E-state index contributed by atoms with van der Waals surface area (Å²) >= 11 is 0. The summed E-state index contributed by atoms with van der Waals surface area (Å²) in [4.78, 5) is 0. The molecule has 68 valence electrons. The summed E-state index contributed by atoms with van der Waals surface area (Å²) in [5.41, 5.74) is 11.3. The molecule has 0 amide bonds. The number of hydrogen-bond donors (Lipinski definition) is 2. The monoisotopic (exact) mass is 158 g/mol. The molecule has 0 aromatic heterocycles. The minimum atomic E-state index is -0.449. The second kappa shape index (κ2) is 4.73. The van der Waals surface area contributed by atoms with Crippen LogP contribution in [0, 0.1) is 5.92 Å². The molecule has 0 radical (unpaired) electrons. The van der Waals surface area contributed by atoms with Crippen LogP contribution in [0.25, 0.3) is 0 Å². The Bertz CT molecular complexity index is 99.7. The van der Waals surface area contributed by atoms with Crippen LogP contribution in [0.2, 0.25) is 0 Å². The maximum Gasteiger partial charge on any atom is 0.0660 e. The molecule has 0 saturated heterocycles. The number of hydrogen-bond acceptors (Lipinski definition) is 2. The van der Waals surface area contributed by atoms with Gasteiger partial charge in [-0.3, -0.25) is 0 Å². The summed E-state index contributed by atoms with van der Waals surface area (Å²) in [5, 5.41) is 0. The van der Waals surface area contributed by atoms with Gasteiger partial charge in [0.15, 0.2) is 0 Å². The van der Waals surface area contributed by atoms with Crippen LogP contribution in [0.3, 0.4) is 0 Å². The molecule has 0 aromatic carbocycles. The summed E-state index contributed by atoms with van der Waals surface area (Å²) in [7, 11) is 0. The van der Waals surface area contributed by atoms with Crippen molar-refractivity contribution in [2.45, 2.75) is 52.1 Å². The van der Waals surface area contributed by atoms with Gasteiger partial charge in [-0.25, -0.2) is 0 Å². The van der Waals surface area contributed by atoms with Crippen molar-refractivity contribution in [3.63, 3.8) is 0 Å². The minimum absolute atomic E-state index is 0.437. The molecule has 0 rings (SSSR count). The van der Waals surface area contributed by atoms with Crippen molar-refractivity contribution >= 4 is 0 Å².